The van der Waals surface area contributed by atoms with Crippen molar-refractivity contribution in [3.8, 4) is 5.75 Å². The first-order valence-corrected chi connectivity index (χ1v) is 30.7. The molecular weight excluding hydrogens is 1050 g/mol. The van der Waals surface area contributed by atoms with Crippen molar-refractivity contribution in [1.29, 1.82) is 0 Å². The summed E-state index contributed by atoms with van der Waals surface area (Å²) < 4.78 is 0. The number of phenolic OH excluding ortho intramolecular Hbond substituents is 1. The Hall–Kier alpha value is -2.21. The van der Waals surface area contributed by atoms with E-state index in [-0.39, 0.29) is 85.4 Å². The number of aromatic hydroxyl groups is 1. The fraction of sp³-hybridized carbons (Fsp3) is 0.736. The number of aliphatic hydroxyl groups excluding tert-OH is 2. The van der Waals surface area contributed by atoms with Crippen LogP contribution in [0.2, 0.25) is 0 Å². The molecule has 3 N–H and O–H groups in total. The summed E-state index contributed by atoms with van der Waals surface area (Å²) in [7, 11) is 0. The van der Waals surface area contributed by atoms with Gasteiger partial charge in [-0.25, -0.2) is 0 Å². The van der Waals surface area contributed by atoms with Crippen LogP contribution >= 0.6 is 0 Å². The number of nitrogens with zero attached hydrogens (tertiary/aromatic N) is 3. The molecule has 3 fully saturated rings. The minimum absolute atomic E-state index is 0. The van der Waals surface area contributed by atoms with Gasteiger partial charge in [0.1, 0.15) is 5.75 Å². The number of allylic oxidation sites excluding steroid dienone is 4. The average Bonchev–Trinajstić information content (AvgIpc) is 3.31. The van der Waals surface area contributed by atoms with Gasteiger partial charge in [-0.1, -0.05) is 242 Å². The molecule has 6 rings (SSSR count). The number of hydrogen-bond acceptors (Lipinski definition) is 6. The zero-order valence-corrected chi connectivity index (χ0v) is 59.1. The van der Waals surface area contributed by atoms with Crippen molar-refractivity contribution in [1.82, 2.24) is 0 Å². The maximum atomic E-state index is 10.9. The molecule has 0 bridgehead atoms. The van der Waals surface area contributed by atoms with Crippen LogP contribution in [0.25, 0.3) is 0 Å². The molecule has 1 aromatic rings. The van der Waals surface area contributed by atoms with Crippen LogP contribution in [0.3, 0.4) is 0 Å². The Morgan fingerprint density at radius 3 is 1.01 bits per heavy atom. The van der Waals surface area contributed by atoms with Gasteiger partial charge in [0, 0.05) is 41.6 Å². The molecule has 7 heteroatoms. The first kappa shape index (κ1) is 78.9. The largest absolute Gasteiger partial charge is 2.00 e. The Balaban J connectivity index is 0. The molecule has 0 amide bonds. The van der Waals surface area contributed by atoms with Gasteiger partial charge in [-0.05, 0) is 123 Å². The van der Waals surface area contributed by atoms with Gasteiger partial charge in [0.25, 0.3) is 0 Å². The minimum atomic E-state index is -0.459. The topological polar surface area (TPSA) is 97.8 Å². The van der Waals surface area contributed by atoms with E-state index in [1.807, 2.05) is 46.3 Å². The Kier molecular flexibility index (Phi) is 33.9. The van der Waals surface area contributed by atoms with E-state index < -0.39 is 12.2 Å². The third-order valence-electron chi connectivity index (χ3n) is 16.7. The maximum absolute atomic E-state index is 10.9. The normalized spacial score (nSPS) is 27.0. The van der Waals surface area contributed by atoms with Crippen LogP contribution < -0.4 is 0 Å². The Labute approximate surface area is 510 Å². The molecule has 0 saturated heterocycles. The zero-order chi connectivity index (χ0) is 58.4. The molecule has 6 nitrogen and oxygen atoms in total. The predicted octanol–water partition coefficient (Wildman–Crippen LogP) is 20.1. The number of aliphatic hydroxyl groups is 2. The first-order valence-electron chi connectivity index (χ1n) is 30.7. The van der Waals surface area contributed by atoms with Crippen molar-refractivity contribution >= 4 is 18.6 Å². The average molecular weight is 1170 g/mol. The van der Waals surface area contributed by atoms with E-state index in [9.17, 15) is 15.3 Å². The van der Waals surface area contributed by atoms with Crippen molar-refractivity contribution in [2.75, 3.05) is 0 Å². The summed E-state index contributed by atoms with van der Waals surface area (Å²) in [6.07, 6.45) is 29.1. The van der Waals surface area contributed by atoms with Gasteiger partial charge in [-0.2, -0.15) is 0 Å². The molecule has 0 heterocycles. The maximum Gasteiger partial charge on any atom is 2.00 e. The summed E-state index contributed by atoms with van der Waals surface area (Å²) in [6, 6.07) is 5.51. The molecule has 452 valence electrons. The molecule has 0 aromatic heterocycles. The predicted molar refractivity (Wildman–Crippen MR) is 349 cm³/mol. The molecule has 0 radical (unpaired) electrons. The summed E-state index contributed by atoms with van der Waals surface area (Å²) in [5.74, 6) is 2.61. The van der Waals surface area contributed by atoms with Gasteiger partial charge in [0.05, 0.1) is 30.3 Å². The Morgan fingerprint density at radius 1 is 0.443 bits per heavy atom. The van der Waals surface area contributed by atoms with Crippen molar-refractivity contribution in [3.05, 3.63) is 90.3 Å². The molecular formula is C72H127N3O3Zr. The Bertz CT molecular complexity index is 2050. The second kappa shape index (κ2) is 33.9. The monoisotopic (exact) mass is 1170 g/mol. The molecule has 79 heavy (non-hydrogen) atoms. The second-order valence-corrected chi connectivity index (χ2v) is 29.5. The van der Waals surface area contributed by atoms with Gasteiger partial charge in [-0.3, -0.25) is 15.0 Å². The number of benzene rings is 1. The van der Waals surface area contributed by atoms with Crippen molar-refractivity contribution in [2.45, 2.75) is 291 Å². The summed E-state index contributed by atoms with van der Waals surface area (Å²) in [4.78, 5) is 14.6. The van der Waals surface area contributed by atoms with E-state index in [0.29, 0.717) is 41.6 Å². The van der Waals surface area contributed by atoms with Crippen LogP contribution in [0.1, 0.15) is 267 Å². The van der Waals surface area contributed by atoms with Gasteiger partial charge >= 0.3 is 26.2 Å². The van der Waals surface area contributed by atoms with Crippen LogP contribution in [0.15, 0.2) is 73.7 Å². The van der Waals surface area contributed by atoms with Gasteiger partial charge in [0.15, 0.2) is 0 Å². The minimum Gasteiger partial charge on any atom is -0.507 e. The molecule has 5 aliphatic rings. The molecule has 0 spiro atoms. The summed E-state index contributed by atoms with van der Waals surface area (Å²) in [5.41, 5.74) is 7.91. The molecule has 10 atom stereocenters. The molecule has 3 saturated carbocycles. The quantitative estimate of drug-likeness (QED) is 0.196. The molecule has 5 aliphatic carbocycles. The van der Waals surface area contributed by atoms with E-state index in [0.717, 1.165) is 22.3 Å². The van der Waals surface area contributed by atoms with Crippen LogP contribution in [-0.4, -0.2) is 64.3 Å². The van der Waals surface area contributed by atoms with Crippen LogP contribution in [0.4, 0.5) is 0 Å². The number of rotatable bonds is 6. The number of hydrogen-bond donors (Lipinski definition) is 3. The van der Waals surface area contributed by atoms with Gasteiger partial charge in [0.2, 0.25) is 0 Å². The van der Waals surface area contributed by atoms with Gasteiger partial charge < -0.3 is 30.2 Å². The molecule has 9 unspecified atom stereocenters. The number of phenols is 1. The van der Waals surface area contributed by atoms with Crippen LogP contribution in [-0.2, 0) is 37.0 Å². The third-order valence-corrected chi connectivity index (χ3v) is 16.7. The summed E-state index contributed by atoms with van der Waals surface area (Å²) >= 11 is 0. The van der Waals surface area contributed by atoms with Crippen molar-refractivity contribution in [3.63, 3.8) is 0 Å². The fourth-order valence-electron chi connectivity index (χ4n) is 11.1. The standard InChI is InChI=1S/2C22H37NO.C22H35NO.2C2H6.2CH3.Zr/c3*1-15-10-8-9-11-19(15)23-14-16-12-17(21(2,3)4)13-18(20(16)24)22(5,6)7;2*1-2;;;/h2*12-15,18-20,24H,8-11H2,1-7H3;12-15,19,24H,8-11H2,1-7H3;2*1-2H3;2*1H3;/q;;;;;2*-1;+2/t15?,18-,19?,20?;;;;;;;/m1......./s1. The van der Waals surface area contributed by atoms with E-state index in [1.165, 1.54) is 93.8 Å². The zero-order valence-electron chi connectivity index (χ0n) is 56.6. The van der Waals surface area contributed by atoms with E-state index in [2.05, 4.69) is 182 Å². The van der Waals surface area contributed by atoms with Crippen molar-refractivity contribution < 1.29 is 41.5 Å². The van der Waals surface area contributed by atoms with E-state index in [4.69, 9.17) is 15.0 Å². The fourth-order valence-corrected chi connectivity index (χ4v) is 11.1. The number of aliphatic imine (C=N–C) groups is 3. The Morgan fingerprint density at radius 2 is 0.747 bits per heavy atom. The smallest absolute Gasteiger partial charge is 0.507 e. The second-order valence-electron chi connectivity index (χ2n) is 29.5. The van der Waals surface area contributed by atoms with Crippen LogP contribution in [0.5, 0.6) is 5.75 Å². The molecule has 0 aliphatic heterocycles. The third kappa shape index (κ3) is 24.5. The summed E-state index contributed by atoms with van der Waals surface area (Å²) in [5, 5.41) is 32.7. The molecule has 1 aromatic carbocycles. The SMILES string of the molecule is CC.CC.CC1CCCCC1N=CC1=CC(C(C)(C)C)=CC(C(C)(C)C)C1O.CC1CCCCC1N=CC1=CC(C(C)(C)C)=C[C@@H](C(C)(C)C)C1O.CC1CCCCC1N=Cc1cc(C(C)(C)C)cc(C(C)(C)C)c1O.[CH3-].[CH3-].[Zr+2]. The van der Waals surface area contributed by atoms with E-state index >= 15 is 0 Å². The first-order chi connectivity index (χ1) is 35.0. The summed E-state index contributed by atoms with van der Waals surface area (Å²) in [6.45, 7) is 54.7. The van der Waals surface area contributed by atoms with E-state index in [1.54, 1.807) is 0 Å². The van der Waals surface area contributed by atoms with Gasteiger partial charge in [-0.15, -0.1) is 0 Å². The van der Waals surface area contributed by atoms with Crippen LogP contribution in [0, 0.1) is 66.1 Å². The van der Waals surface area contributed by atoms with Crippen molar-refractivity contribution in [2.24, 2.45) is 66.2 Å².